The van der Waals surface area contributed by atoms with Gasteiger partial charge in [-0.25, -0.2) is 8.42 Å². The molecule has 3 rings (SSSR count). The minimum atomic E-state index is -3.44. The minimum absolute atomic E-state index is 0.00385. The Hall–Kier alpha value is -1.90. The molecule has 1 aliphatic heterocycles. The van der Waals surface area contributed by atoms with Crippen molar-refractivity contribution in [3.8, 4) is 5.75 Å². The van der Waals surface area contributed by atoms with E-state index in [2.05, 4.69) is 5.32 Å². The minimum Gasteiger partial charge on any atom is -0.497 e. The summed E-state index contributed by atoms with van der Waals surface area (Å²) >= 11 is 1.22. The normalized spacial score (nSPS) is 17.2. The third-order valence-electron chi connectivity index (χ3n) is 5.16. The Balaban J connectivity index is 1.58. The first-order valence-electron chi connectivity index (χ1n) is 9.43. The number of nitrogens with one attached hydrogen (secondary N) is 1. The summed E-state index contributed by atoms with van der Waals surface area (Å²) in [7, 11) is -1.81. The number of piperidine rings is 1. The van der Waals surface area contributed by atoms with Crippen LogP contribution in [0, 0.1) is 5.92 Å². The van der Waals surface area contributed by atoms with Gasteiger partial charge in [-0.2, -0.15) is 4.31 Å². The quantitative estimate of drug-likeness (QED) is 0.742. The van der Waals surface area contributed by atoms with Crippen molar-refractivity contribution in [2.45, 2.75) is 36.4 Å². The molecule has 1 saturated heterocycles. The van der Waals surface area contributed by atoms with Crippen molar-refractivity contribution in [2.75, 3.05) is 20.2 Å². The van der Waals surface area contributed by atoms with E-state index in [0.29, 0.717) is 30.1 Å². The molecular weight excluding hydrogens is 396 g/mol. The van der Waals surface area contributed by atoms with Gasteiger partial charge >= 0.3 is 0 Å². The number of sulfonamides is 1. The van der Waals surface area contributed by atoms with Gasteiger partial charge in [0.05, 0.1) is 13.2 Å². The van der Waals surface area contributed by atoms with Crippen LogP contribution in [-0.4, -0.2) is 38.8 Å². The number of rotatable bonds is 7. The van der Waals surface area contributed by atoms with Gasteiger partial charge in [-0.15, -0.1) is 11.3 Å². The van der Waals surface area contributed by atoms with Gasteiger partial charge in [-0.3, -0.25) is 4.79 Å². The smallest absolute Gasteiger partial charge is 0.252 e. The summed E-state index contributed by atoms with van der Waals surface area (Å²) in [5.74, 6) is 0.613. The lowest BCUT2D eigenvalue weighted by molar-refractivity contribution is -0.126. The van der Waals surface area contributed by atoms with Crippen molar-refractivity contribution in [1.29, 1.82) is 0 Å². The van der Waals surface area contributed by atoms with Crippen LogP contribution in [0.15, 0.2) is 46.0 Å². The third kappa shape index (κ3) is 4.56. The summed E-state index contributed by atoms with van der Waals surface area (Å²) < 4.78 is 32.3. The maximum absolute atomic E-state index is 12.7. The highest BCUT2D eigenvalue weighted by Crippen LogP contribution is 2.27. The van der Waals surface area contributed by atoms with Gasteiger partial charge in [0.15, 0.2) is 0 Å². The van der Waals surface area contributed by atoms with Crippen molar-refractivity contribution in [3.05, 3.63) is 47.3 Å². The second-order valence-electron chi connectivity index (χ2n) is 6.85. The number of carbonyl (C=O) groups excluding carboxylic acids is 1. The fourth-order valence-corrected chi connectivity index (χ4v) is 6.06. The predicted molar refractivity (Wildman–Crippen MR) is 110 cm³/mol. The zero-order valence-corrected chi connectivity index (χ0v) is 17.8. The van der Waals surface area contributed by atoms with Crippen LogP contribution in [0.25, 0.3) is 0 Å². The van der Waals surface area contributed by atoms with Gasteiger partial charge in [0.25, 0.3) is 10.0 Å². The molecule has 1 N–H and O–H groups in total. The molecule has 1 amide bonds. The van der Waals surface area contributed by atoms with E-state index in [1.54, 1.807) is 24.6 Å². The van der Waals surface area contributed by atoms with E-state index in [1.807, 2.05) is 31.2 Å². The Morgan fingerprint density at radius 1 is 1.25 bits per heavy atom. The fourth-order valence-electron chi connectivity index (χ4n) is 3.44. The van der Waals surface area contributed by atoms with E-state index in [4.69, 9.17) is 4.74 Å². The van der Waals surface area contributed by atoms with Crippen molar-refractivity contribution < 1.29 is 17.9 Å². The van der Waals surface area contributed by atoms with Crippen LogP contribution in [-0.2, 0) is 14.8 Å². The maximum Gasteiger partial charge on any atom is 0.252 e. The van der Waals surface area contributed by atoms with Crippen LogP contribution in [0.5, 0.6) is 5.75 Å². The lowest BCUT2D eigenvalue weighted by atomic mass is 9.95. The van der Waals surface area contributed by atoms with Gasteiger partial charge in [0.1, 0.15) is 9.96 Å². The molecule has 1 aromatic carbocycles. The zero-order chi connectivity index (χ0) is 20.1. The van der Waals surface area contributed by atoms with Crippen molar-refractivity contribution in [3.63, 3.8) is 0 Å². The Morgan fingerprint density at radius 2 is 1.93 bits per heavy atom. The van der Waals surface area contributed by atoms with Gasteiger partial charge in [-0.05, 0) is 48.4 Å². The molecule has 1 fully saturated rings. The number of amides is 1. The number of hydrogen-bond donors (Lipinski definition) is 1. The molecule has 28 heavy (non-hydrogen) atoms. The summed E-state index contributed by atoms with van der Waals surface area (Å²) in [6, 6.07) is 11.0. The molecule has 2 heterocycles. The summed E-state index contributed by atoms with van der Waals surface area (Å²) in [5, 5.41) is 4.89. The van der Waals surface area contributed by atoms with Crippen molar-refractivity contribution >= 4 is 27.3 Å². The monoisotopic (exact) mass is 422 g/mol. The summed E-state index contributed by atoms with van der Waals surface area (Å²) in [5.41, 5.74) is 1.04. The third-order valence-corrected chi connectivity index (χ3v) is 8.43. The van der Waals surface area contributed by atoms with Crippen molar-refractivity contribution in [2.24, 2.45) is 5.92 Å². The summed E-state index contributed by atoms with van der Waals surface area (Å²) in [6.07, 6.45) is 1.86. The van der Waals surface area contributed by atoms with Crippen LogP contribution in [0.3, 0.4) is 0 Å². The maximum atomic E-state index is 12.7. The fraction of sp³-hybridized carbons (Fsp3) is 0.450. The highest BCUT2D eigenvalue weighted by Gasteiger charge is 2.33. The standard InChI is InChI=1S/C20H26N2O4S2/c1-3-18(15-6-8-17(26-2)9-7-15)21-20(23)16-10-12-22(13-11-16)28(24,25)19-5-4-14-27-19/h4-9,14,16,18H,3,10-13H2,1-2H3,(H,21,23)/t18-/m0/s1. The molecule has 8 heteroatoms. The topological polar surface area (TPSA) is 75.7 Å². The van der Waals surface area contributed by atoms with Gasteiger partial charge < -0.3 is 10.1 Å². The molecule has 2 aromatic rings. The first-order valence-corrected chi connectivity index (χ1v) is 11.8. The van der Waals surface area contributed by atoms with Crippen LogP contribution in [0.2, 0.25) is 0 Å². The number of benzene rings is 1. The molecule has 0 unspecified atom stereocenters. The Bertz CT molecular complexity index is 871. The number of carbonyl (C=O) groups is 1. The van der Waals surface area contributed by atoms with E-state index in [1.165, 1.54) is 15.6 Å². The Kier molecular flexibility index (Phi) is 6.74. The van der Waals surface area contributed by atoms with E-state index >= 15 is 0 Å². The number of methoxy groups -OCH3 is 1. The first-order chi connectivity index (χ1) is 13.5. The van der Waals surface area contributed by atoms with Crippen LogP contribution < -0.4 is 10.1 Å². The first kappa shape index (κ1) is 20.8. The average Bonchev–Trinajstić information content (AvgIpc) is 3.28. The van der Waals surface area contributed by atoms with E-state index in [9.17, 15) is 13.2 Å². The van der Waals surface area contributed by atoms with Crippen molar-refractivity contribution in [1.82, 2.24) is 9.62 Å². The van der Waals surface area contributed by atoms with Gasteiger partial charge in [0.2, 0.25) is 5.91 Å². The summed E-state index contributed by atoms with van der Waals surface area (Å²) in [4.78, 5) is 12.7. The zero-order valence-electron chi connectivity index (χ0n) is 16.1. The van der Waals surface area contributed by atoms with Gasteiger partial charge in [0, 0.05) is 19.0 Å². The summed E-state index contributed by atoms with van der Waals surface area (Å²) in [6.45, 7) is 2.78. The second-order valence-corrected chi connectivity index (χ2v) is 9.97. The van der Waals surface area contributed by atoms with Crippen LogP contribution in [0.4, 0.5) is 0 Å². The molecule has 0 aliphatic carbocycles. The molecule has 6 nitrogen and oxygen atoms in total. The lowest BCUT2D eigenvalue weighted by Gasteiger charge is -2.31. The van der Waals surface area contributed by atoms with E-state index in [-0.39, 0.29) is 17.9 Å². The molecule has 1 aliphatic rings. The van der Waals surface area contributed by atoms with E-state index < -0.39 is 10.0 Å². The molecule has 0 bridgehead atoms. The molecule has 152 valence electrons. The number of nitrogens with zero attached hydrogens (tertiary/aromatic N) is 1. The second kappa shape index (κ2) is 9.07. The largest absolute Gasteiger partial charge is 0.497 e. The van der Waals surface area contributed by atoms with E-state index in [0.717, 1.165) is 17.7 Å². The molecular formula is C20H26N2O4S2. The van der Waals surface area contributed by atoms with Gasteiger partial charge in [-0.1, -0.05) is 25.1 Å². The number of ether oxygens (including phenoxy) is 1. The Labute approximate surface area is 170 Å². The molecule has 0 radical (unpaired) electrons. The SMILES string of the molecule is CC[C@H](NC(=O)C1CCN(S(=O)(=O)c2cccs2)CC1)c1ccc(OC)cc1. The molecule has 0 saturated carbocycles. The molecule has 0 spiro atoms. The highest BCUT2D eigenvalue weighted by atomic mass is 32.2. The van der Waals surface area contributed by atoms with Crippen LogP contribution in [0.1, 0.15) is 37.8 Å². The Morgan fingerprint density at radius 3 is 2.46 bits per heavy atom. The average molecular weight is 423 g/mol. The van der Waals surface area contributed by atoms with Crippen LogP contribution >= 0.6 is 11.3 Å². The number of hydrogen-bond acceptors (Lipinski definition) is 5. The molecule has 1 aromatic heterocycles. The lowest BCUT2D eigenvalue weighted by Crippen LogP contribution is -2.43. The highest BCUT2D eigenvalue weighted by molar-refractivity contribution is 7.91. The number of thiophene rings is 1. The predicted octanol–water partition coefficient (Wildman–Crippen LogP) is 3.42. The molecule has 1 atom stereocenters.